The fraction of sp³-hybridized carbons (Fsp3) is 0.588. The van der Waals surface area contributed by atoms with Crippen molar-refractivity contribution in [1.29, 1.82) is 0 Å². The molecule has 2 atom stereocenters. The van der Waals surface area contributed by atoms with Crippen molar-refractivity contribution in [2.24, 2.45) is 5.92 Å². The predicted octanol–water partition coefficient (Wildman–Crippen LogP) is 2.01. The van der Waals surface area contributed by atoms with Gasteiger partial charge in [0.2, 0.25) is 0 Å². The molecule has 1 aromatic rings. The molecule has 1 aliphatic rings. The number of carbonyl (C=O) groups is 1. The van der Waals surface area contributed by atoms with Gasteiger partial charge >= 0.3 is 5.97 Å². The van der Waals surface area contributed by atoms with Crippen LogP contribution in [0.15, 0.2) is 30.3 Å². The van der Waals surface area contributed by atoms with Crippen LogP contribution in [0.5, 0.6) is 0 Å². The SMILES string of the molecule is CCNC(CN1CCC(C)C1)(C(=O)OC)c1ccccc1. The van der Waals surface area contributed by atoms with Crippen LogP contribution in [0, 0.1) is 5.92 Å². The summed E-state index contributed by atoms with van der Waals surface area (Å²) >= 11 is 0. The molecule has 1 aliphatic heterocycles. The maximum Gasteiger partial charge on any atom is 0.332 e. The largest absolute Gasteiger partial charge is 0.467 e. The molecule has 0 saturated carbocycles. The van der Waals surface area contributed by atoms with E-state index in [0.29, 0.717) is 19.0 Å². The summed E-state index contributed by atoms with van der Waals surface area (Å²) < 4.78 is 5.13. The molecular formula is C17H26N2O2. The van der Waals surface area contributed by atoms with E-state index in [4.69, 9.17) is 4.74 Å². The van der Waals surface area contributed by atoms with Gasteiger partial charge in [0.05, 0.1) is 7.11 Å². The van der Waals surface area contributed by atoms with Crippen molar-refractivity contribution in [3.63, 3.8) is 0 Å². The monoisotopic (exact) mass is 290 g/mol. The van der Waals surface area contributed by atoms with E-state index in [1.807, 2.05) is 37.3 Å². The zero-order valence-corrected chi connectivity index (χ0v) is 13.3. The van der Waals surface area contributed by atoms with Crippen LogP contribution in [-0.2, 0) is 15.1 Å². The van der Waals surface area contributed by atoms with Gasteiger partial charge in [-0.15, -0.1) is 0 Å². The number of hydrogen-bond donors (Lipinski definition) is 1. The number of esters is 1. The van der Waals surface area contributed by atoms with E-state index < -0.39 is 5.54 Å². The lowest BCUT2D eigenvalue weighted by atomic mass is 9.89. The Morgan fingerprint density at radius 3 is 2.67 bits per heavy atom. The van der Waals surface area contributed by atoms with Gasteiger partial charge in [-0.05, 0) is 31.0 Å². The van der Waals surface area contributed by atoms with Crippen LogP contribution in [0.25, 0.3) is 0 Å². The number of carbonyl (C=O) groups excluding carboxylic acids is 1. The Kier molecular flexibility index (Phi) is 5.37. The van der Waals surface area contributed by atoms with Gasteiger partial charge in [0, 0.05) is 13.1 Å². The molecule has 1 saturated heterocycles. The molecule has 2 rings (SSSR count). The van der Waals surface area contributed by atoms with Gasteiger partial charge in [0.25, 0.3) is 0 Å². The number of nitrogens with zero attached hydrogens (tertiary/aromatic N) is 1. The molecule has 116 valence electrons. The van der Waals surface area contributed by atoms with Crippen molar-refractivity contribution < 1.29 is 9.53 Å². The van der Waals surface area contributed by atoms with Crippen LogP contribution >= 0.6 is 0 Å². The molecule has 0 radical (unpaired) electrons. The lowest BCUT2D eigenvalue weighted by Crippen LogP contribution is -2.56. The third-order valence-corrected chi connectivity index (χ3v) is 4.25. The Morgan fingerprint density at radius 1 is 1.43 bits per heavy atom. The van der Waals surface area contributed by atoms with E-state index in [9.17, 15) is 4.79 Å². The fourth-order valence-electron chi connectivity index (χ4n) is 3.21. The zero-order chi connectivity index (χ0) is 15.3. The molecule has 1 aromatic carbocycles. The van der Waals surface area contributed by atoms with Gasteiger partial charge < -0.3 is 9.64 Å². The second-order valence-electron chi connectivity index (χ2n) is 5.92. The standard InChI is InChI=1S/C17H26N2O2/c1-4-18-17(16(20)21-3,15-8-6-5-7-9-15)13-19-11-10-14(2)12-19/h5-9,14,18H,4,10-13H2,1-3H3. The topological polar surface area (TPSA) is 41.6 Å². The molecule has 0 aromatic heterocycles. The number of hydrogen-bond acceptors (Lipinski definition) is 4. The average Bonchev–Trinajstić information content (AvgIpc) is 2.91. The van der Waals surface area contributed by atoms with Crippen molar-refractivity contribution in [1.82, 2.24) is 10.2 Å². The minimum Gasteiger partial charge on any atom is -0.467 e. The summed E-state index contributed by atoms with van der Waals surface area (Å²) in [6, 6.07) is 9.90. The van der Waals surface area contributed by atoms with Gasteiger partial charge in [-0.25, -0.2) is 4.79 Å². The Bertz CT molecular complexity index is 463. The maximum absolute atomic E-state index is 12.6. The van der Waals surface area contributed by atoms with Crippen molar-refractivity contribution in [2.75, 3.05) is 33.3 Å². The van der Waals surface area contributed by atoms with Crippen LogP contribution < -0.4 is 5.32 Å². The quantitative estimate of drug-likeness (QED) is 0.814. The molecule has 0 amide bonds. The molecule has 21 heavy (non-hydrogen) atoms. The lowest BCUT2D eigenvalue weighted by molar-refractivity contribution is -0.150. The van der Waals surface area contributed by atoms with Crippen molar-refractivity contribution in [3.8, 4) is 0 Å². The number of nitrogens with one attached hydrogen (secondary N) is 1. The molecule has 1 fully saturated rings. The maximum atomic E-state index is 12.6. The fourth-order valence-corrected chi connectivity index (χ4v) is 3.21. The first-order valence-electron chi connectivity index (χ1n) is 7.73. The van der Waals surface area contributed by atoms with Gasteiger partial charge in [-0.2, -0.15) is 0 Å². The molecular weight excluding hydrogens is 264 g/mol. The van der Waals surface area contributed by atoms with Gasteiger partial charge in [0.15, 0.2) is 5.54 Å². The molecule has 0 spiro atoms. The molecule has 0 bridgehead atoms. The lowest BCUT2D eigenvalue weighted by Gasteiger charge is -2.35. The Labute approximate surface area is 127 Å². The first kappa shape index (κ1) is 16.0. The van der Waals surface area contributed by atoms with Crippen LogP contribution in [0.1, 0.15) is 25.8 Å². The van der Waals surface area contributed by atoms with Crippen molar-refractivity contribution >= 4 is 5.97 Å². The van der Waals surface area contributed by atoms with Gasteiger partial charge in [0.1, 0.15) is 0 Å². The van der Waals surface area contributed by atoms with E-state index in [0.717, 1.165) is 18.7 Å². The smallest absolute Gasteiger partial charge is 0.332 e. The van der Waals surface area contributed by atoms with E-state index in [2.05, 4.69) is 17.1 Å². The molecule has 2 unspecified atom stereocenters. The van der Waals surface area contributed by atoms with E-state index in [1.165, 1.54) is 13.5 Å². The number of likely N-dealkylation sites (N-methyl/N-ethyl adjacent to an activating group) is 1. The summed E-state index contributed by atoms with van der Waals surface area (Å²) in [5, 5.41) is 3.39. The van der Waals surface area contributed by atoms with E-state index >= 15 is 0 Å². The number of ether oxygens (including phenoxy) is 1. The second-order valence-corrected chi connectivity index (χ2v) is 5.92. The molecule has 4 heteroatoms. The van der Waals surface area contributed by atoms with Gasteiger partial charge in [-0.3, -0.25) is 5.32 Å². The highest BCUT2D eigenvalue weighted by molar-refractivity contribution is 5.83. The number of likely N-dealkylation sites (tertiary alicyclic amines) is 1. The van der Waals surface area contributed by atoms with Crippen molar-refractivity contribution in [3.05, 3.63) is 35.9 Å². The summed E-state index contributed by atoms with van der Waals surface area (Å²) in [7, 11) is 1.46. The summed E-state index contributed by atoms with van der Waals surface area (Å²) in [6.07, 6.45) is 1.19. The summed E-state index contributed by atoms with van der Waals surface area (Å²) in [6.45, 7) is 7.73. The van der Waals surface area contributed by atoms with Crippen LogP contribution in [0.4, 0.5) is 0 Å². The Balaban J connectivity index is 2.33. The predicted molar refractivity (Wildman–Crippen MR) is 84.0 cm³/mol. The molecule has 1 N–H and O–H groups in total. The van der Waals surface area contributed by atoms with E-state index in [-0.39, 0.29) is 5.97 Å². The summed E-state index contributed by atoms with van der Waals surface area (Å²) in [5.41, 5.74) is 0.188. The molecule has 4 nitrogen and oxygen atoms in total. The first-order valence-corrected chi connectivity index (χ1v) is 7.73. The number of rotatable bonds is 6. The summed E-state index contributed by atoms with van der Waals surface area (Å²) in [5.74, 6) is 0.479. The third kappa shape index (κ3) is 3.44. The van der Waals surface area contributed by atoms with Crippen LogP contribution in [0.3, 0.4) is 0 Å². The molecule has 0 aliphatic carbocycles. The highest BCUT2D eigenvalue weighted by Crippen LogP contribution is 2.27. The van der Waals surface area contributed by atoms with E-state index in [1.54, 1.807) is 0 Å². The van der Waals surface area contributed by atoms with Crippen molar-refractivity contribution in [2.45, 2.75) is 25.8 Å². The summed E-state index contributed by atoms with van der Waals surface area (Å²) in [4.78, 5) is 14.9. The number of benzene rings is 1. The average molecular weight is 290 g/mol. The minimum atomic E-state index is -0.783. The minimum absolute atomic E-state index is 0.213. The normalized spacial score (nSPS) is 22.0. The van der Waals surface area contributed by atoms with Crippen LogP contribution in [0.2, 0.25) is 0 Å². The van der Waals surface area contributed by atoms with Gasteiger partial charge in [-0.1, -0.05) is 44.2 Å². The highest BCUT2D eigenvalue weighted by Gasteiger charge is 2.43. The highest BCUT2D eigenvalue weighted by atomic mass is 16.5. The number of methoxy groups -OCH3 is 1. The Morgan fingerprint density at radius 2 is 2.14 bits per heavy atom. The third-order valence-electron chi connectivity index (χ3n) is 4.25. The first-order chi connectivity index (χ1) is 10.1. The zero-order valence-electron chi connectivity index (χ0n) is 13.3. The second kappa shape index (κ2) is 7.05. The van der Waals surface area contributed by atoms with Crippen LogP contribution in [-0.4, -0.2) is 44.2 Å². The Hall–Kier alpha value is -1.39. The molecule has 1 heterocycles.